The van der Waals surface area contributed by atoms with E-state index in [0.717, 1.165) is 32.6 Å². The molecule has 65 valence electrons. The summed E-state index contributed by atoms with van der Waals surface area (Å²) in [6.45, 7) is 4.60. The van der Waals surface area contributed by atoms with Crippen molar-refractivity contribution in [1.82, 2.24) is 5.32 Å². The van der Waals surface area contributed by atoms with E-state index < -0.39 is 0 Å². The summed E-state index contributed by atoms with van der Waals surface area (Å²) in [5, 5.41) is 4.23. The lowest BCUT2D eigenvalue weighted by Crippen LogP contribution is -2.33. The molecule has 0 aliphatic carbocycles. The van der Waals surface area contributed by atoms with Crippen molar-refractivity contribution in [2.75, 3.05) is 19.8 Å². The molecule has 1 fully saturated rings. The maximum Gasteiger partial charge on any atom is 0.231 e. The highest BCUT2D eigenvalue weighted by Crippen LogP contribution is 2.02. The monoisotopic (exact) mass is 158 g/mol. The maximum absolute atomic E-state index is 5.24. The molecule has 0 aromatic carbocycles. The number of nitrogens with zero attached hydrogens (tertiary/aromatic N) is 1. The lowest BCUT2D eigenvalue weighted by molar-refractivity contribution is -0.196. The molecule has 1 radical (unpaired) electrons. The topological polar surface area (TPSA) is 32.6 Å². The lowest BCUT2D eigenvalue weighted by atomic mass is 10.3. The van der Waals surface area contributed by atoms with Gasteiger partial charge in [0.15, 0.2) is 0 Å². The van der Waals surface area contributed by atoms with Crippen molar-refractivity contribution in [3.63, 3.8) is 0 Å². The standard InChI is InChI=1S/C8H16NO2/c1-2-3-5-9-8-10-6-4-7-11-8/h8H,2-7H2,1H3. The van der Waals surface area contributed by atoms with Crippen LogP contribution in [0.1, 0.15) is 26.2 Å². The summed E-state index contributed by atoms with van der Waals surface area (Å²) in [5.41, 5.74) is 0. The smallest absolute Gasteiger partial charge is 0.231 e. The van der Waals surface area contributed by atoms with E-state index in [1.54, 1.807) is 0 Å². The Hall–Kier alpha value is -0.120. The van der Waals surface area contributed by atoms with Crippen LogP contribution in [0.5, 0.6) is 0 Å². The van der Waals surface area contributed by atoms with Gasteiger partial charge in [-0.05, 0) is 12.8 Å². The summed E-state index contributed by atoms with van der Waals surface area (Å²) in [4.78, 5) is 0. The molecular formula is C8H16NO2. The van der Waals surface area contributed by atoms with Crippen LogP contribution < -0.4 is 5.32 Å². The summed E-state index contributed by atoms with van der Waals surface area (Å²) < 4.78 is 10.5. The third-order valence-corrected chi connectivity index (χ3v) is 1.60. The first-order chi connectivity index (χ1) is 5.43. The van der Waals surface area contributed by atoms with Crippen LogP contribution in [0.3, 0.4) is 0 Å². The zero-order valence-corrected chi connectivity index (χ0v) is 7.08. The van der Waals surface area contributed by atoms with E-state index in [1.807, 2.05) is 0 Å². The minimum Gasteiger partial charge on any atom is -0.339 e. The van der Waals surface area contributed by atoms with Crippen LogP contribution >= 0.6 is 0 Å². The molecule has 11 heavy (non-hydrogen) atoms. The Morgan fingerprint density at radius 2 is 2.09 bits per heavy atom. The van der Waals surface area contributed by atoms with Gasteiger partial charge in [-0.1, -0.05) is 13.3 Å². The molecule has 3 heteroatoms. The van der Waals surface area contributed by atoms with Crippen LogP contribution in [-0.2, 0) is 9.47 Å². The molecule has 0 atom stereocenters. The highest BCUT2D eigenvalue weighted by Gasteiger charge is 2.13. The Bertz CT molecular complexity index is 92.1. The second kappa shape index (κ2) is 5.52. The molecule has 0 unspecified atom stereocenters. The van der Waals surface area contributed by atoms with Crippen molar-refractivity contribution >= 4 is 0 Å². The number of rotatable bonds is 4. The summed E-state index contributed by atoms with van der Waals surface area (Å²) in [5.74, 6) is 0. The van der Waals surface area contributed by atoms with Crippen molar-refractivity contribution in [2.45, 2.75) is 32.6 Å². The summed E-state index contributed by atoms with van der Waals surface area (Å²) in [6, 6.07) is 0. The molecular weight excluding hydrogens is 142 g/mol. The van der Waals surface area contributed by atoms with Crippen LogP contribution in [0.25, 0.3) is 0 Å². The first-order valence-corrected chi connectivity index (χ1v) is 4.33. The average Bonchev–Trinajstić information content (AvgIpc) is 2.07. The maximum atomic E-state index is 5.24. The quantitative estimate of drug-likeness (QED) is 0.574. The first kappa shape index (κ1) is 8.97. The van der Waals surface area contributed by atoms with Gasteiger partial charge in [0.05, 0.1) is 13.2 Å². The van der Waals surface area contributed by atoms with Gasteiger partial charge in [0.2, 0.25) is 6.41 Å². The molecule has 1 aliphatic rings. The molecule has 0 N–H and O–H groups in total. The van der Waals surface area contributed by atoms with Crippen LogP contribution in [0.2, 0.25) is 0 Å². The minimum absolute atomic E-state index is 0.268. The zero-order valence-electron chi connectivity index (χ0n) is 7.08. The van der Waals surface area contributed by atoms with Crippen LogP contribution in [0, 0.1) is 0 Å². The first-order valence-electron chi connectivity index (χ1n) is 4.33. The normalized spacial score (nSPS) is 20.5. The summed E-state index contributed by atoms with van der Waals surface area (Å²) in [6.07, 6.45) is 3.04. The number of hydrogen-bond acceptors (Lipinski definition) is 2. The van der Waals surface area contributed by atoms with Crippen LogP contribution in [0.4, 0.5) is 0 Å². The average molecular weight is 158 g/mol. The molecule has 0 saturated carbocycles. The predicted octanol–water partition coefficient (Wildman–Crippen LogP) is 1.11. The van der Waals surface area contributed by atoms with Crippen molar-refractivity contribution in [2.24, 2.45) is 0 Å². The Morgan fingerprint density at radius 1 is 1.36 bits per heavy atom. The molecule has 0 amide bonds. The second-order valence-corrected chi connectivity index (χ2v) is 2.66. The summed E-state index contributed by atoms with van der Waals surface area (Å²) >= 11 is 0. The zero-order chi connectivity index (χ0) is 7.94. The fourth-order valence-electron chi connectivity index (χ4n) is 0.936. The third-order valence-electron chi connectivity index (χ3n) is 1.60. The molecule has 0 aromatic rings. The Kier molecular flexibility index (Phi) is 4.50. The van der Waals surface area contributed by atoms with Gasteiger partial charge >= 0.3 is 0 Å². The molecule has 3 nitrogen and oxygen atoms in total. The second-order valence-electron chi connectivity index (χ2n) is 2.66. The Labute approximate surface area is 68.1 Å². The summed E-state index contributed by atoms with van der Waals surface area (Å²) in [7, 11) is 0. The molecule has 1 aliphatic heterocycles. The van der Waals surface area contributed by atoms with Gasteiger partial charge in [-0.3, -0.25) is 0 Å². The van der Waals surface area contributed by atoms with Gasteiger partial charge in [0.1, 0.15) is 0 Å². The molecule has 0 aromatic heterocycles. The van der Waals surface area contributed by atoms with E-state index in [4.69, 9.17) is 9.47 Å². The molecule has 0 bridgehead atoms. The van der Waals surface area contributed by atoms with Gasteiger partial charge in [-0.15, -0.1) is 0 Å². The number of hydrogen-bond donors (Lipinski definition) is 0. The lowest BCUT2D eigenvalue weighted by Gasteiger charge is -2.22. The van der Waals surface area contributed by atoms with E-state index in [1.165, 1.54) is 6.42 Å². The molecule has 0 spiro atoms. The van der Waals surface area contributed by atoms with E-state index in [-0.39, 0.29) is 6.41 Å². The van der Waals surface area contributed by atoms with Crippen molar-refractivity contribution in [3.05, 3.63) is 0 Å². The van der Waals surface area contributed by atoms with Crippen molar-refractivity contribution in [1.29, 1.82) is 0 Å². The Morgan fingerprint density at radius 3 is 2.73 bits per heavy atom. The predicted molar refractivity (Wildman–Crippen MR) is 42.2 cm³/mol. The number of ether oxygens (including phenoxy) is 2. The van der Waals surface area contributed by atoms with E-state index in [2.05, 4.69) is 12.2 Å². The highest BCUT2D eigenvalue weighted by molar-refractivity contribution is 4.49. The molecule has 1 saturated heterocycles. The van der Waals surface area contributed by atoms with Gasteiger partial charge in [0.25, 0.3) is 0 Å². The van der Waals surface area contributed by atoms with Gasteiger partial charge in [-0.25, -0.2) is 0 Å². The van der Waals surface area contributed by atoms with Gasteiger partial charge < -0.3 is 9.47 Å². The fourth-order valence-corrected chi connectivity index (χ4v) is 0.936. The number of unbranched alkanes of at least 4 members (excludes halogenated alkanes) is 1. The van der Waals surface area contributed by atoms with E-state index >= 15 is 0 Å². The largest absolute Gasteiger partial charge is 0.339 e. The van der Waals surface area contributed by atoms with Gasteiger partial charge in [-0.2, -0.15) is 5.32 Å². The van der Waals surface area contributed by atoms with Gasteiger partial charge in [0, 0.05) is 6.54 Å². The minimum atomic E-state index is -0.268. The van der Waals surface area contributed by atoms with E-state index in [9.17, 15) is 0 Å². The third kappa shape index (κ3) is 3.70. The van der Waals surface area contributed by atoms with E-state index in [0.29, 0.717) is 0 Å². The molecule has 1 rings (SSSR count). The SMILES string of the molecule is CCCC[N]C1OCCCO1. The van der Waals surface area contributed by atoms with Crippen LogP contribution in [0.15, 0.2) is 0 Å². The van der Waals surface area contributed by atoms with Crippen molar-refractivity contribution < 1.29 is 9.47 Å². The fraction of sp³-hybridized carbons (Fsp3) is 1.00. The highest BCUT2D eigenvalue weighted by atomic mass is 16.7. The molecule has 1 heterocycles. The Balaban J connectivity index is 1.96. The van der Waals surface area contributed by atoms with Crippen LogP contribution in [-0.4, -0.2) is 26.2 Å². The van der Waals surface area contributed by atoms with Crippen molar-refractivity contribution in [3.8, 4) is 0 Å².